The minimum Gasteiger partial charge on any atom is -0.455 e. The summed E-state index contributed by atoms with van der Waals surface area (Å²) in [5.41, 5.74) is 2.93. The number of esters is 1. The first kappa shape index (κ1) is 14.3. The molecule has 126 valence electrons. The highest BCUT2D eigenvalue weighted by Crippen LogP contribution is 2.49. The lowest BCUT2D eigenvalue weighted by Gasteiger charge is -2.44. The summed E-state index contributed by atoms with van der Waals surface area (Å²) < 4.78 is 22.4. The van der Waals surface area contributed by atoms with Gasteiger partial charge in [0.15, 0.2) is 11.5 Å². The van der Waals surface area contributed by atoms with E-state index < -0.39 is 0 Å². The molecule has 0 bridgehead atoms. The first-order chi connectivity index (χ1) is 11.7. The number of likely N-dealkylation sites (N-methyl/N-ethyl adjacent to an activating group) is 1. The lowest BCUT2D eigenvalue weighted by molar-refractivity contribution is -0.0468. The Balaban J connectivity index is 1.70. The van der Waals surface area contributed by atoms with E-state index in [4.69, 9.17) is 18.9 Å². The van der Waals surface area contributed by atoms with Crippen LogP contribution < -0.4 is 9.47 Å². The molecule has 0 radical (unpaired) electrons. The summed E-state index contributed by atoms with van der Waals surface area (Å²) in [6.07, 6.45) is 2.64. The smallest absolute Gasteiger partial charge is 0.338 e. The van der Waals surface area contributed by atoms with Crippen molar-refractivity contribution in [2.24, 2.45) is 0 Å². The summed E-state index contributed by atoms with van der Waals surface area (Å²) in [6.45, 7) is 1.19. The second-order valence-corrected chi connectivity index (χ2v) is 6.81. The molecule has 1 aliphatic carbocycles. The largest absolute Gasteiger partial charge is 0.455 e. The Bertz CT molecular complexity index is 758. The molecule has 4 aliphatic rings. The van der Waals surface area contributed by atoms with Gasteiger partial charge in [-0.2, -0.15) is 0 Å². The Hall–Kier alpha value is -2.05. The second-order valence-electron chi connectivity index (χ2n) is 6.81. The summed E-state index contributed by atoms with van der Waals surface area (Å²) >= 11 is 0. The molecule has 0 N–H and O–H groups in total. The van der Waals surface area contributed by atoms with E-state index in [1.54, 1.807) is 13.2 Å². The lowest BCUT2D eigenvalue weighted by Crippen LogP contribution is -2.51. The maximum absolute atomic E-state index is 12.6. The number of methoxy groups -OCH3 is 1. The van der Waals surface area contributed by atoms with Crippen LogP contribution >= 0.6 is 0 Å². The van der Waals surface area contributed by atoms with Crippen molar-refractivity contribution in [3.63, 3.8) is 0 Å². The summed E-state index contributed by atoms with van der Waals surface area (Å²) in [7, 11) is 3.79. The van der Waals surface area contributed by atoms with Crippen molar-refractivity contribution in [2.75, 3.05) is 27.5 Å². The Labute approximate surface area is 139 Å². The molecule has 1 aromatic carbocycles. The van der Waals surface area contributed by atoms with E-state index >= 15 is 0 Å². The van der Waals surface area contributed by atoms with Crippen LogP contribution in [-0.2, 0) is 9.47 Å². The van der Waals surface area contributed by atoms with Crippen LogP contribution in [-0.4, -0.2) is 56.6 Å². The van der Waals surface area contributed by atoms with Gasteiger partial charge in [0, 0.05) is 25.6 Å². The van der Waals surface area contributed by atoms with Gasteiger partial charge in [-0.05, 0) is 31.2 Å². The van der Waals surface area contributed by atoms with E-state index in [2.05, 4.69) is 18.0 Å². The van der Waals surface area contributed by atoms with Crippen molar-refractivity contribution in [3.05, 3.63) is 34.9 Å². The third-order valence-corrected chi connectivity index (χ3v) is 5.64. The molecule has 1 fully saturated rings. The number of ether oxygens (including phenoxy) is 4. The molecule has 3 heterocycles. The molecule has 0 spiro atoms. The zero-order chi connectivity index (χ0) is 16.4. The van der Waals surface area contributed by atoms with Crippen LogP contribution in [0.4, 0.5) is 0 Å². The molecule has 1 aromatic rings. The molecule has 2 unspecified atom stereocenters. The highest BCUT2D eigenvalue weighted by Gasteiger charge is 2.51. The van der Waals surface area contributed by atoms with Crippen LogP contribution in [0.2, 0.25) is 0 Å². The number of nitrogens with zero attached hydrogens (tertiary/aromatic N) is 1. The van der Waals surface area contributed by atoms with Crippen LogP contribution in [0.5, 0.6) is 11.5 Å². The third kappa shape index (κ3) is 1.81. The highest BCUT2D eigenvalue weighted by atomic mass is 16.7. The Morgan fingerprint density at radius 2 is 2.04 bits per heavy atom. The van der Waals surface area contributed by atoms with E-state index in [-0.39, 0.29) is 36.9 Å². The number of carbonyl (C=O) groups excluding carboxylic acids is 1. The van der Waals surface area contributed by atoms with Crippen molar-refractivity contribution in [2.45, 2.75) is 30.6 Å². The molecular formula is C18H19NO5. The number of fused-ring (bicyclic) bond motifs is 6. The number of hydrogen-bond acceptors (Lipinski definition) is 6. The molecular weight excluding hydrogens is 310 g/mol. The second kappa shape index (κ2) is 4.97. The average Bonchev–Trinajstić information content (AvgIpc) is 3.19. The van der Waals surface area contributed by atoms with Gasteiger partial charge in [-0.3, -0.25) is 4.90 Å². The van der Waals surface area contributed by atoms with Gasteiger partial charge in [-0.15, -0.1) is 0 Å². The highest BCUT2D eigenvalue weighted by molar-refractivity contribution is 5.94. The number of rotatable bonds is 1. The zero-order valence-electron chi connectivity index (χ0n) is 13.7. The van der Waals surface area contributed by atoms with Crippen LogP contribution in [0.1, 0.15) is 28.3 Å². The number of benzene rings is 1. The normalized spacial score (nSPS) is 33.4. The molecule has 0 aromatic heterocycles. The van der Waals surface area contributed by atoms with E-state index in [0.717, 1.165) is 18.5 Å². The monoisotopic (exact) mass is 329 g/mol. The van der Waals surface area contributed by atoms with Crippen molar-refractivity contribution in [1.82, 2.24) is 4.90 Å². The van der Waals surface area contributed by atoms with E-state index in [1.165, 1.54) is 5.57 Å². The first-order valence-electron chi connectivity index (χ1n) is 8.25. The number of likely N-dealkylation sites (tertiary alicyclic amines) is 1. The predicted octanol–water partition coefficient (Wildman–Crippen LogP) is 1.70. The molecule has 6 heteroatoms. The van der Waals surface area contributed by atoms with Gasteiger partial charge in [0.25, 0.3) is 0 Å². The molecule has 0 saturated carbocycles. The Morgan fingerprint density at radius 3 is 2.83 bits per heavy atom. The van der Waals surface area contributed by atoms with Crippen LogP contribution in [0.25, 0.3) is 0 Å². The van der Waals surface area contributed by atoms with Gasteiger partial charge < -0.3 is 18.9 Å². The fourth-order valence-electron chi connectivity index (χ4n) is 4.54. The average molecular weight is 329 g/mol. The maximum Gasteiger partial charge on any atom is 0.338 e. The Morgan fingerprint density at radius 1 is 1.25 bits per heavy atom. The summed E-state index contributed by atoms with van der Waals surface area (Å²) in [4.78, 5) is 14.9. The zero-order valence-corrected chi connectivity index (χ0v) is 13.7. The van der Waals surface area contributed by atoms with Crippen molar-refractivity contribution >= 4 is 5.97 Å². The Kier molecular flexibility index (Phi) is 2.96. The van der Waals surface area contributed by atoms with Gasteiger partial charge in [0.05, 0.1) is 5.56 Å². The van der Waals surface area contributed by atoms with E-state index in [1.807, 2.05) is 6.07 Å². The van der Waals surface area contributed by atoms with Crippen LogP contribution in [0.3, 0.4) is 0 Å². The topological polar surface area (TPSA) is 57.2 Å². The number of carbonyl (C=O) groups is 1. The van der Waals surface area contributed by atoms with E-state index in [0.29, 0.717) is 17.1 Å². The van der Waals surface area contributed by atoms with Gasteiger partial charge in [0.2, 0.25) is 6.79 Å². The molecule has 1 saturated heterocycles. The third-order valence-electron chi connectivity index (χ3n) is 5.64. The SMILES string of the molecule is CO[C@@H]1C=C2CCN(C)[C@@H]2C2c3cc4c(cc3C(=O)OC21)OCO4. The van der Waals surface area contributed by atoms with Crippen molar-refractivity contribution in [3.8, 4) is 11.5 Å². The fraction of sp³-hybridized carbons (Fsp3) is 0.500. The quantitative estimate of drug-likeness (QED) is 0.577. The lowest BCUT2D eigenvalue weighted by atomic mass is 9.73. The molecule has 4 atom stereocenters. The molecule has 3 aliphatic heterocycles. The maximum atomic E-state index is 12.6. The summed E-state index contributed by atoms with van der Waals surface area (Å²) in [6, 6.07) is 3.94. The molecule has 6 nitrogen and oxygen atoms in total. The minimum absolute atomic E-state index is 0.0460. The van der Waals surface area contributed by atoms with E-state index in [9.17, 15) is 4.79 Å². The van der Waals surface area contributed by atoms with Gasteiger partial charge in [-0.1, -0.05) is 11.6 Å². The van der Waals surface area contributed by atoms with Gasteiger partial charge >= 0.3 is 5.97 Å². The van der Waals surface area contributed by atoms with Crippen molar-refractivity contribution < 1.29 is 23.7 Å². The van der Waals surface area contributed by atoms with Crippen LogP contribution in [0.15, 0.2) is 23.8 Å². The predicted molar refractivity (Wildman–Crippen MR) is 84.4 cm³/mol. The standard InChI is InChI=1S/C18H19NO5/c1-19-4-3-9-5-14(21-2)17-15(16(9)19)10-6-12-13(23-8-22-12)7-11(10)18(20)24-17/h5-7,14-17H,3-4,8H2,1-2H3/t14-,15?,16+,17?/m1/s1. The van der Waals surface area contributed by atoms with Gasteiger partial charge in [-0.25, -0.2) is 4.79 Å². The minimum atomic E-state index is -0.316. The fourth-order valence-corrected chi connectivity index (χ4v) is 4.54. The summed E-state index contributed by atoms with van der Waals surface area (Å²) in [5, 5.41) is 0. The number of hydrogen-bond donors (Lipinski definition) is 0. The molecule has 5 rings (SSSR count). The van der Waals surface area contributed by atoms with Crippen LogP contribution in [0, 0.1) is 0 Å². The summed E-state index contributed by atoms with van der Waals surface area (Å²) in [5.74, 6) is 1.04. The first-order valence-corrected chi connectivity index (χ1v) is 8.25. The molecule has 0 amide bonds. The van der Waals surface area contributed by atoms with Gasteiger partial charge in [0.1, 0.15) is 12.2 Å². The van der Waals surface area contributed by atoms with Crippen molar-refractivity contribution in [1.29, 1.82) is 0 Å². The molecule has 24 heavy (non-hydrogen) atoms.